The van der Waals surface area contributed by atoms with Crippen LogP contribution >= 0.6 is 11.6 Å². The van der Waals surface area contributed by atoms with Crippen molar-refractivity contribution in [2.45, 2.75) is 25.9 Å². The number of carbonyl (C=O) groups is 1. The number of halogens is 1. The van der Waals surface area contributed by atoms with Gasteiger partial charge in [-0.05, 0) is 56.2 Å². The SMILES string of the molecule is CC1(C(=O)O)CCN(c2ccc(-c3ccc(C4Nc5ccc(Cl)cc5N4)cn3)cn2)CC1. The van der Waals surface area contributed by atoms with E-state index in [2.05, 4.69) is 25.5 Å². The highest BCUT2D eigenvalue weighted by Crippen LogP contribution is 2.37. The van der Waals surface area contributed by atoms with Gasteiger partial charge in [0.1, 0.15) is 12.0 Å². The van der Waals surface area contributed by atoms with Gasteiger partial charge < -0.3 is 20.6 Å². The Morgan fingerprint density at radius 2 is 1.84 bits per heavy atom. The van der Waals surface area contributed by atoms with Crippen LogP contribution in [0.5, 0.6) is 0 Å². The number of aromatic nitrogens is 2. The maximum atomic E-state index is 11.4. The largest absolute Gasteiger partial charge is 0.481 e. The summed E-state index contributed by atoms with van der Waals surface area (Å²) in [5.41, 5.74) is 4.18. The fraction of sp³-hybridized carbons (Fsp3) is 0.292. The number of hydrogen-bond acceptors (Lipinski definition) is 6. The Morgan fingerprint density at radius 3 is 2.50 bits per heavy atom. The zero-order chi connectivity index (χ0) is 22.3. The smallest absolute Gasteiger partial charge is 0.309 e. The fourth-order valence-electron chi connectivity index (χ4n) is 4.19. The number of nitrogens with one attached hydrogen (secondary N) is 2. The summed E-state index contributed by atoms with van der Waals surface area (Å²) in [7, 11) is 0. The van der Waals surface area contributed by atoms with E-state index in [-0.39, 0.29) is 6.17 Å². The van der Waals surface area contributed by atoms with Crippen molar-refractivity contribution in [3.05, 3.63) is 65.4 Å². The average molecular weight is 450 g/mol. The van der Waals surface area contributed by atoms with Gasteiger partial charge >= 0.3 is 5.97 Å². The van der Waals surface area contributed by atoms with Crippen LogP contribution in [-0.2, 0) is 4.79 Å². The summed E-state index contributed by atoms with van der Waals surface area (Å²) >= 11 is 6.08. The lowest BCUT2D eigenvalue weighted by atomic mass is 9.80. The molecule has 1 unspecified atom stereocenters. The predicted octanol–water partition coefficient (Wildman–Crippen LogP) is 5.02. The number of rotatable bonds is 4. The van der Waals surface area contributed by atoms with Crippen molar-refractivity contribution in [3.8, 4) is 11.3 Å². The molecule has 0 radical (unpaired) electrons. The molecule has 1 saturated heterocycles. The molecule has 8 heteroatoms. The van der Waals surface area contributed by atoms with Gasteiger partial charge in [0.25, 0.3) is 0 Å². The number of fused-ring (bicyclic) bond motifs is 1. The van der Waals surface area contributed by atoms with Crippen LogP contribution in [0, 0.1) is 5.41 Å². The molecule has 1 atom stereocenters. The van der Waals surface area contributed by atoms with Crippen molar-refractivity contribution in [1.29, 1.82) is 0 Å². The minimum absolute atomic E-state index is 0.0545. The Labute approximate surface area is 191 Å². The molecule has 1 fully saturated rings. The summed E-state index contributed by atoms with van der Waals surface area (Å²) in [6.45, 7) is 3.21. The van der Waals surface area contributed by atoms with Crippen molar-refractivity contribution in [2.24, 2.45) is 5.41 Å². The Hall–Kier alpha value is -3.32. The molecule has 0 spiro atoms. The maximum Gasteiger partial charge on any atom is 0.309 e. The highest BCUT2D eigenvalue weighted by molar-refractivity contribution is 6.31. The Bertz CT molecular complexity index is 1140. The second-order valence-corrected chi connectivity index (χ2v) is 9.08. The number of hydrogen-bond donors (Lipinski definition) is 3. The van der Waals surface area contributed by atoms with Gasteiger partial charge in [0.2, 0.25) is 0 Å². The first-order chi connectivity index (χ1) is 15.4. The second-order valence-electron chi connectivity index (χ2n) is 8.65. The molecule has 4 heterocycles. The van der Waals surface area contributed by atoms with E-state index in [1.165, 1.54) is 0 Å². The van der Waals surface area contributed by atoms with Gasteiger partial charge in [-0.3, -0.25) is 9.78 Å². The predicted molar refractivity (Wildman–Crippen MR) is 126 cm³/mol. The lowest BCUT2D eigenvalue weighted by Crippen LogP contribution is -2.43. The van der Waals surface area contributed by atoms with Gasteiger partial charge in [-0.1, -0.05) is 17.7 Å². The monoisotopic (exact) mass is 449 g/mol. The number of pyridine rings is 2. The van der Waals surface area contributed by atoms with Crippen molar-refractivity contribution in [1.82, 2.24) is 9.97 Å². The van der Waals surface area contributed by atoms with Crippen molar-refractivity contribution in [3.63, 3.8) is 0 Å². The summed E-state index contributed by atoms with van der Waals surface area (Å²) in [5, 5.41) is 17.0. The third kappa shape index (κ3) is 3.84. The number of carboxylic acid groups (broad SMARTS) is 1. The van der Waals surface area contributed by atoms with E-state index in [0.29, 0.717) is 31.0 Å². The van der Waals surface area contributed by atoms with Crippen molar-refractivity contribution >= 4 is 34.8 Å². The molecule has 1 aromatic carbocycles. The molecule has 2 aromatic heterocycles. The zero-order valence-electron chi connectivity index (χ0n) is 17.7. The highest BCUT2D eigenvalue weighted by atomic mass is 35.5. The van der Waals surface area contributed by atoms with E-state index in [1.54, 1.807) is 0 Å². The molecule has 0 saturated carbocycles. The number of benzene rings is 1. The van der Waals surface area contributed by atoms with Gasteiger partial charge in [-0.15, -0.1) is 0 Å². The van der Waals surface area contributed by atoms with Crippen molar-refractivity contribution in [2.75, 3.05) is 28.6 Å². The van der Waals surface area contributed by atoms with Crippen LogP contribution in [-0.4, -0.2) is 34.1 Å². The van der Waals surface area contributed by atoms with E-state index in [4.69, 9.17) is 11.6 Å². The summed E-state index contributed by atoms with van der Waals surface area (Å²) in [4.78, 5) is 22.8. The second kappa shape index (κ2) is 7.98. The number of carboxylic acids is 1. The standard InChI is InChI=1S/C24H24ClN5O2/c1-24(23(31)32)8-10-30(11-9-24)21-7-3-15(13-27-21)18-5-2-16(14-26-18)22-28-19-6-4-17(25)12-20(19)29-22/h2-7,12-14,22,28-29H,8-11H2,1H3,(H,31,32). The molecular weight excluding hydrogens is 426 g/mol. The molecule has 164 valence electrons. The summed E-state index contributed by atoms with van der Waals surface area (Å²) in [5.74, 6) is 0.152. The van der Waals surface area contributed by atoms with Crippen LogP contribution in [0.1, 0.15) is 31.5 Å². The number of nitrogens with zero attached hydrogens (tertiary/aromatic N) is 3. The van der Waals surface area contributed by atoms with Gasteiger partial charge in [-0.25, -0.2) is 4.98 Å². The molecule has 0 amide bonds. The van der Waals surface area contributed by atoms with Crippen LogP contribution in [0.2, 0.25) is 5.02 Å². The molecule has 32 heavy (non-hydrogen) atoms. The Morgan fingerprint density at radius 1 is 1.06 bits per heavy atom. The quantitative estimate of drug-likeness (QED) is 0.515. The molecule has 2 aliphatic heterocycles. The molecule has 7 nitrogen and oxygen atoms in total. The van der Waals surface area contributed by atoms with Crippen LogP contribution in [0.15, 0.2) is 54.9 Å². The minimum atomic E-state index is -0.717. The lowest BCUT2D eigenvalue weighted by molar-refractivity contribution is -0.149. The van der Waals surface area contributed by atoms with E-state index < -0.39 is 11.4 Å². The van der Waals surface area contributed by atoms with Crippen LogP contribution < -0.4 is 15.5 Å². The molecule has 2 aliphatic rings. The van der Waals surface area contributed by atoms with Crippen molar-refractivity contribution < 1.29 is 9.90 Å². The normalized spacial score (nSPS) is 19.1. The fourth-order valence-corrected chi connectivity index (χ4v) is 4.36. The maximum absolute atomic E-state index is 11.4. The van der Waals surface area contributed by atoms with Crippen LogP contribution in [0.25, 0.3) is 11.3 Å². The molecule has 0 bridgehead atoms. The molecule has 3 aromatic rings. The van der Waals surface area contributed by atoms with Gasteiger partial charge in [0, 0.05) is 41.6 Å². The summed E-state index contributed by atoms with van der Waals surface area (Å²) < 4.78 is 0. The lowest BCUT2D eigenvalue weighted by Gasteiger charge is -2.37. The Balaban J connectivity index is 1.25. The topological polar surface area (TPSA) is 90.4 Å². The molecule has 3 N–H and O–H groups in total. The summed E-state index contributed by atoms with van der Waals surface area (Å²) in [6.07, 6.45) is 4.87. The third-order valence-electron chi connectivity index (χ3n) is 6.45. The van der Waals surface area contributed by atoms with Gasteiger partial charge in [0.15, 0.2) is 0 Å². The number of aliphatic carboxylic acids is 1. The van der Waals surface area contributed by atoms with E-state index in [9.17, 15) is 9.90 Å². The molecule has 5 rings (SSSR count). The molecule has 0 aliphatic carbocycles. The Kier molecular flexibility index (Phi) is 5.13. The third-order valence-corrected chi connectivity index (χ3v) is 6.69. The first kappa shape index (κ1) is 20.6. The minimum Gasteiger partial charge on any atom is -0.481 e. The van der Waals surface area contributed by atoms with Crippen LogP contribution in [0.4, 0.5) is 17.2 Å². The number of anilines is 3. The van der Waals surface area contributed by atoms with Gasteiger partial charge in [-0.2, -0.15) is 0 Å². The van der Waals surface area contributed by atoms with E-state index in [1.807, 2.05) is 61.8 Å². The average Bonchev–Trinajstić information content (AvgIpc) is 3.23. The van der Waals surface area contributed by atoms with E-state index >= 15 is 0 Å². The summed E-state index contributed by atoms with van der Waals surface area (Å²) in [6, 6.07) is 13.8. The first-order valence-corrected chi connectivity index (χ1v) is 11.0. The van der Waals surface area contributed by atoms with E-state index in [0.717, 1.165) is 34.0 Å². The highest BCUT2D eigenvalue weighted by Gasteiger charge is 2.37. The van der Waals surface area contributed by atoms with Gasteiger partial charge in [0.05, 0.1) is 22.5 Å². The first-order valence-electron chi connectivity index (χ1n) is 10.6. The van der Waals surface area contributed by atoms with Crippen LogP contribution in [0.3, 0.4) is 0 Å². The zero-order valence-corrected chi connectivity index (χ0v) is 18.4. The number of piperidine rings is 1. The molecular formula is C24H24ClN5O2.